The van der Waals surface area contributed by atoms with Gasteiger partial charge in [-0.2, -0.15) is 0 Å². The Morgan fingerprint density at radius 2 is 2.08 bits per heavy atom. The van der Waals surface area contributed by atoms with E-state index >= 15 is 0 Å². The van der Waals surface area contributed by atoms with E-state index in [9.17, 15) is 9.90 Å². The molecular formula is C9H14O3. The van der Waals surface area contributed by atoms with Crippen LogP contribution >= 0.6 is 0 Å². The molecule has 2 rings (SSSR count). The van der Waals surface area contributed by atoms with Gasteiger partial charge in [-0.3, -0.25) is 4.79 Å². The van der Waals surface area contributed by atoms with Crippen LogP contribution in [0.25, 0.3) is 0 Å². The highest BCUT2D eigenvalue weighted by Gasteiger charge is 2.60. The Morgan fingerprint density at radius 3 is 2.58 bits per heavy atom. The van der Waals surface area contributed by atoms with Gasteiger partial charge in [0.05, 0.1) is 18.6 Å². The van der Waals surface area contributed by atoms with Crippen LogP contribution in [0.4, 0.5) is 0 Å². The second kappa shape index (κ2) is 2.73. The van der Waals surface area contributed by atoms with Crippen LogP contribution in [0, 0.1) is 17.8 Å². The summed E-state index contributed by atoms with van der Waals surface area (Å²) >= 11 is 0. The lowest BCUT2D eigenvalue weighted by Crippen LogP contribution is -2.14. The first-order valence-corrected chi connectivity index (χ1v) is 4.58. The third kappa shape index (κ3) is 1.12. The molecule has 3 heteroatoms. The molecule has 0 radical (unpaired) electrons. The molecule has 0 aliphatic heterocycles. The summed E-state index contributed by atoms with van der Waals surface area (Å²) < 4.78 is 4.92. The molecule has 0 unspecified atom stereocenters. The van der Waals surface area contributed by atoms with Crippen molar-refractivity contribution in [2.75, 3.05) is 6.61 Å². The fraction of sp³-hybridized carbons (Fsp3) is 0.889. The van der Waals surface area contributed by atoms with E-state index in [0.717, 1.165) is 12.8 Å². The van der Waals surface area contributed by atoms with Gasteiger partial charge in [0.2, 0.25) is 0 Å². The Kier molecular flexibility index (Phi) is 1.83. The third-order valence-electron chi connectivity index (χ3n) is 2.98. The summed E-state index contributed by atoms with van der Waals surface area (Å²) in [4.78, 5) is 11.2. The minimum absolute atomic E-state index is 0.0561. The quantitative estimate of drug-likeness (QED) is 0.616. The number of ether oxygens (including phenoxy) is 1. The molecule has 68 valence electrons. The predicted octanol–water partition coefficient (Wildman–Crippen LogP) is 0.566. The molecule has 3 nitrogen and oxygen atoms in total. The zero-order valence-corrected chi connectivity index (χ0v) is 7.19. The highest BCUT2D eigenvalue weighted by molar-refractivity contribution is 5.76. The summed E-state index contributed by atoms with van der Waals surface area (Å²) in [5.41, 5.74) is 0. The number of hydrogen-bond acceptors (Lipinski definition) is 3. The topological polar surface area (TPSA) is 46.5 Å². The number of hydrogen-bond donors (Lipinski definition) is 1. The highest BCUT2D eigenvalue weighted by atomic mass is 16.5. The first kappa shape index (κ1) is 8.05. The van der Waals surface area contributed by atoms with Crippen molar-refractivity contribution in [2.24, 2.45) is 17.8 Å². The van der Waals surface area contributed by atoms with Crippen molar-refractivity contribution in [1.82, 2.24) is 0 Å². The van der Waals surface area contributed by atoms with E-state index in [2.05, 4.69) is 0 Å². The van der Waals surface area contributed by atoms with Crippen molar-refractivity contribution in [1.29, 1.82) is 0 Å². The Balaban J connectivity index is 1.85. The number of aliphatic hydroxyl groups excluding tert-OH is 1. The summed E-state index contributed by atoms with van der Waals surface area (Å²) in [7, 11) is 0. The summed E-state index contributed by atoms with van der Waals surface area (Å²) in [6.45, 7) is 2.29. The van der Waals surface area contributed by atoms with E-state index in [1.54, 1.807) is 0 Å². The number of rotatable bonds is 2. The Bertz CT molecular complexity index is 190. The van der Waals surface area contributed by atoms with Crippen molar-refractivity contribution in [3.63, 3.8) is 0 Å². The summed E-state index contributed by atoms with van der Waals surface area (Å²) in [5, 5.41) is 9.21. The third-order valence-corrected chi connectivity index (χ3v) is 2.98. The van der Waals surface area contributed by atoms with Crippen LogP contribution in [0.3, 0.4) is 0 Å². The maximum Gasteiger partial charge on any atom is 0.309 e. The van der Waals surface area contributed by atoms with Crippen molar-refractivity contribution in [3.8, 4) is 0 Å². The maximum absolute atomic E-state index is 11.2. The largest absolute Gasteiger partial charge is 0.466 e. The zero-order valence-electron chi connectivity index (χ0n) is 7.19. The summed E-state index contributed by atoms with van der Waals surface area (Å²) in [5.74, 6) is 0.922. The average molecular weight is 170 g/mol. The van der Waals surface area contributed by atoms with Gasteiger partial charge in [-0.1, -0.05) is 0 Å². The van der Waals surface area contributed by atoms with Crippen molar-refractivity contribution in [3.05, 3.63) is 0 Å². The molecule has 0 aromatic carbocycles. The molecule has 0 saturated heterocycles. The standard InChI is InChI=1S/C9H14O3/c1-2-12-9(11)8-6-3-5(10)4-7(6)8/h5-8,10H,2-4H2,1H3/t5?,6-,7-,8?/m1/s1. The van der Waals surface area contributed by atoms with E-state index in [4.69, 9.17) is 4.74 Å². The first-order chi connectivity index (χ1) is 5.74. The van der Waals surface area contributed by atoms with Crippen LogP contribution in [-0.2, 0) is 9.53 Å². The molecule has 0 heterocycles. The lowest BCUT2D eigenvalue weighted by Gasteiger charge is -2.06. The Labute approximate surface area is 71.7 Å². The fourth-order valence-corrected chi connectivity index (χ4v) is 2.40. The molecule has 1 N–H and O–H groups in total. The molecule has 0 aromatic heterocycles. The number of fused-ring (bicyclic) bond motifs is 1. The average Bonchev–Trinajstić information content (AvgIpc) is 2.51. The molecule has 0 bridgehead atoms. The summed E-state index contributed by atoms with van der Waals surface area (Å²) in [6, 6.07) is 0. The number of carbonyl (C=O) groups is 1. The monoisotopic (exact) mass is 170 g/mol. The molecule has 2 fully saturated rings. The van der Waals surface area contributed by atoms with Crippen LogP contribution in [0.2, 0.25) is 0 Å². The van der Waals surface area contributed by atoms with Gasteiger partial charge < -0.3 is 9.84 Å². The molecule has 2 aliphatic rings. The molecule has 0 spiro atoms. The van der Waals surface area contributed by atoms with E-state index in [-0.39, 0.29) is 18.0 Å². The molecular weight excluding hydrogens is 156 g/mol. The van der Waals surface area contributed by atoms with Crippen LogP contribution in [0.5, 0.6) is 0 Å². The SMILES string of the molecule is CCOC(=O)C1[C@@H]2CC(O)C[C@@H]12. The van der Waals surface area contributed by atoms with Gasteiger partial charge in [0.25, 0.3) is 0 Å². The Morgan fingerprint density at radius 1 is 1.50 bits per heavy atom. The molecule has 0 amide bonds. The number of aliphatic hydroxyl groups is 1. The van der Waals surface area contributed by atoms with Gasteiger partial charge >= 0.3 is 5.97 Å². The van der Waals surface area contributed by atoms with Crippen LogP contribution < -0.4 is 0 Å². The van der Waals surface area contributed by atoms with Gasteiger partial charge in [0, 0.05) is 0 Å². The van der Waals surface area contributed by atoms with Gasteiger partial charge in [-0.25, -0.2) is 0 Å². The summed E-state index contributed by atoms with van der Waals surface area (Å²) in [6.07, 6.45) is 1.44. The van der Waals surface area contributed by atoms with E-state index in [0.29, 0.717) is 18.4 Å². The normalized spacial score (nSPS) is 39.3. The molecule has 2 atom stereocenters. The van der Waals surface area contributed by atoms with Crippen molar-refractivity contribution in [2.45, 2.75) is 25.9 Å². The Hall–Kier alpha value is -0.570. The van der Waals surface area contributed by atoms with Gasteiger partial charge in [0.15, 0.2) is 0 Å². The predicted molar refractivity (Wildman–Crippen MR) is 42.3 cm³/mol. The van der Waals surface area contributed by atoms with Crippen molar-refractivity contribution < 1.29 is 14.6 Å². The van der Waals surface area contributed by atoms with E-state index in [1.807, 2.05) is 6.92 Å². The van der Waals surface area contributed by atoms with E-state index in [1.165, 1.54) is 0 Å². The number of esters is 1. The number of carbonyl (C=O) groups excluding carboxylic acids is 1. The van der Waals surface area contributed by atoms with Crippen LogP contribution in [0.1, 0.15) is 19.8 Å². The lowest BCUT2D eigenvalue weighted by atomic mass is 10.1. The maximum atomic E-state index is 11.2. The van der Waals surface area contributed by atoms with Crippen molar-refractivity contribution >= 4 is 5.97 Å². The van der Waals surface area contributed by atoms with E-state index < -0.39 is 0 Å². The van der Waals surface area contributed by atoms with Gasteiger partial charge in [0.1, 0.15) is 0 Å². The molecule has 12 heavy (non-hydrogen) atoms. The minimum Gasteiger partial charge on any atom is -0.466 e. The fourth-order valence-electron chi connectivity index (χ4n) is 2.40. The van der Waals surface area contributed by atoms with Crippen LogP contribution in [-0.4, -0.2) is 23.8 Å². The van der Waals surface area contributed by atoms with Gasteiger partial charge in [-0.15, -0.1) is 0 Å². The second-order valence-corrected chi connectivity index (χ2v) is 3.73. The lowest BCUT2D eigenvalue weighted by molar-refractivity contribution is -0.145. The van der Waals surface area contributed by atoms with Crippen LogP contribution in [0.15, 0.2) is 0 Å². The smallest absolute Gasteiger partial charge is 0.309 e. The molecule has 2 saturated carbocycles. The molecule has 0 aromatic rings. The second-order valence-electron chi connectivity index (χ2n) is 3.73. The van der Waals surface area contributed by atoms with Gasteiger partial charge in [-0.05, 0) is 31.6 Å². The molecule has 2 aliphatic carbocycles. The first-order valence-electron chi connectivity index (χ1n) is 4.58. The zero-order chi connectivity index (χ0) is 8.72. The highest BCUT2D eigenvalue weighted by Crippen LogP contribution is 2.57. The minimum atomic E-state index is -0.161.